The summed E-state index contributed by atoms with van der Waals surface area (Å²) in [4.78, 5) is 2.74. The van der Waals surface area contributed by atoms with Crippen molar-refractivity contribution in [2.45, 2.75) is 70.2 Å². The number of benzene rings is 1. The highest BCUT2D eigenvalue weighted by molar-refractivity contribution is 5.38. The Bertz CT molecular complexity index is 535. The van der Waals surface area contributed by atoms with Crippen molar-refractivity contribution in [3.63, 3.8) is 0 Å². The average Bonchev–Trinajstić information content (AvgIpc) is 3.17. The molecule has 1 heterocycles. The van der Waals surface area contributed by atoms with Crippen LogP contribution in [-0.2, 0) is 11.3 Å². The summed E-state index contributed by atoms with van der Waals surface area (Å²) in [6, 6.07) is 8.29. The number of nitrogens with zero attached hydrogens (tertiary/aromatic N) is 1. The third kappa shape index (κ3) is 4.75. The van der Waals surface area contributed by atoms with E-state index in [0.717, 1.165) is 17.4 Å². The van der Waals surface area contributed by atoms with Crippen molar-refractivity contribution in [3.05, 3.63) is 29.3 Å². The van der Waals surface area contributed by atoms with E-state index in [1.165, 1.54) is 57.2 Å². The van der Waals surface area contributed by atoms with E-state index in [1.54, 1.807) is 14.2 Å². The van der Waals surface area contributed by atoms with Crippen LogP contribution in [0, 0.1) is 0 Å². The molecule has 1 aromatic rings. The van der Waals surface area contributed by atoms with Crippen molar-refractivity contribution >= 4 is 0 Å². The topological polar surface area (TPSA) is 33.7 Å². The predicted octanol–water partition coefficient (Wildman–Crippen LogP) is 3.90. The zero-order valence-electron chi connectivity index (χ0n) is 16.1. The first-order valence-electron chi connectivity index (χ1n) is 9.87. The molecule has 1 saturated heterocycles. The molecule has 0 bridgehead atoms. The Kier molecular flexibility index (Phi) is 6.74. The number of methoxy groups -OCH3 is 2. The zero-order valence-corrected chi connectivity index (χ0v) is 16.1. The minimum atomic E-state index is 0.351. The first-order chi connectivity index (χ1) is 12.2. The summed E-state index contributed by atoms with van der Waals surface area (Å²) in [6.45, 7) is 5.37. The number of likely N-dealkylation sites (tertiary alicyclic amines) is 1. The molecule has 1 aromatic carbocycles. The van der Waals surface area contributed by atoms with E-state index < -0.39 is 0 Å². The molecule has 0 radical (unpaired) electrons. The van der Waals surface area contributed by atoms with Gasteiger partial charge in [-0.15, -0.1) is 0 Å². The molecule has 0 unspecified atom stereocenters. The molecular formula is C21H34N2O2. The number of nitrogens with one attached hydrogen (secondary N) is 1. The molecule has 0 amide bonds. The first-order valence-corrected chi connectivity index (χ1v) is 9.87. The Labute approximate surface area is 152 Å². The summed E-state index contributed by atoms with van der Waals surface area (Å²) in [5.41, 5.74) is 2.43. The highest BCUT2D eigenvalue weighted by Gasteiger charge is 2.27. The van der Waals surface area contributed by atoms with Gasteiger partial charge in [0.15, 0.2) is 0 Å². The molecule has 4 heteroatoms. The number of hydrogen-bond acceptors (Lipinski definition) is 4. The van der Waals surface area contributed by atoms with Crippen LogP contribution in [-0.4, -0.2) is 44.3 Å². The van der Waals surface area contributed by atoms with E-state index >= 15 is 0 Å². The zero-order chi connectivity index (χ0) is 17.6. The van der Waals surface area contributed by atoms with Gasteiger partial charge in [0.05, 0.1) is 13.7 Å². The summed E-state index contributed by atoms with van der Waals surface area (Å²) in [5.74, 6) is 0.905. The summed E-state index contributed by atoms with van der Waals surface area (Å²) in [5, 5.41) is 3.84. The molecule has 1 saturated carbocycles. The van der Waals surface area contributed by atoms with Crippen molar-refractivity contribution in [3.8, 4) is 5.75 Å². The molecule has 4 nitrogen and oxygen atoms in total. The Morgan fingerprint density at radius 3 is 2.48 bits per heavy atom. The van der Waals surface area contributed by atoms with Gasteiger partial charge in [-0.3, -0.25) is 0 Å². The van der Waals surface area contributed by atoms with E-state index in [2.05, 4.69) is 35.3 Å². The SMILES string of the molecule is COCc1cc([C@@H](C)NC2CCN(C3CCCC3)CC2)ccc1OC. The second-order valence-corrected chi connectivity index (χ2v) is 7.64. The third-order valence-corrected chi connectivity index (χ3v) is 5.96. The molecular weight excluding hydrogens is 312 g/mol. The standard InChI is InChI=1S/C21H34N2O2/c1-16(17-8-9-21(25-3)18(14-17)15-24-2)22-19-10-12-23(13-11-19)20-6-4-5-7-20/h8-9,14,16,19-20,22H,4-7,10-13,15H2,1-3H3/t16-/m1/s1. The minimum absolute atomic E-state index is 0.351. The fraction of sp³-hybridized carbons (Fsp3) is 0.714. The summed E-state index contributed by atoms with van der Waals surface area (Å²) < 4.78 is 10.7. The molecule has 1 aliphatic carbocycles. The highest BCUT2D eigenvalue weighted by Crippen LogP contribution is 2.28. The Morgan fingerprint density at radius 1 is 1.12 bits per heavy atom. The van der Waals surface area contributed by atoms with Gasteiger partial charge >= 0.3 is 0 Å². The minimum Gasteiger partial charge on any atom is -0.496 e. The lowest BCUT2D eigenvalue weighted by Gasteiger charge is -2.37. The van der Waals surface area contributed by atoms with Crippen LogP contribution in [0.5, 0.6) is 5.75 Å². The molecule has 2 aliphatic rings. The van der Waals surface area contributed by atoms with Crippen molar-refractivity contribution in [2.75, 3.05) is 27.3 Å². The van der Waals surface area contributed by atoms with Crippen molar-refractivity contribution < 1.29 is 9.47 Å². The van der Waals surface area contributed by atoms with E-state index in [4.69, 9.17) is 9.47 Å². The van der Waals surface area contributed by atoms with E-state index in [9.17, 15) is 0 Å². The van der Waals surface area contributed by atoms with E-state index in [-0.39, 0.29) is 0 Å². The smallest absolute Gasteiger partial charge is 0.124 e. The van der Waals surface area contributed by atoms with Crippen molar-refractivity contribution in [1.29, 1.82) is 0 Å². The Morgan fingerprint density at radius 2 is 1.84 bits per heavy atom. The van der Waals surface area contributed by atoms with Gasteiger partial charge < -0.3 is 19.7 Å². The number of ether oxygens (including phenoxy) is 2. The largest absolute Gasteiger partial charge is 0.496 e. The molecule has 140 valence electrons. The van der Waals surface area contributed by atoms with Gasteiger partial charge in [-0.1, -0.05) is 18.9 Å². The summed E-state index contributed by atoms with van der Waals surface area (Å²) >= 11 is 0. The lowest BCUT2D eigenvalue weighted by atomic mass is 9.99. The van der Waals surface area contributed by atoms with Gasteiger partial charge in [-0.2, -0.15) is 0 Å². The molecule has 1 N–H and O–H groups in total. The molecule has 1 aliphatic heterocycles. The van der Waals surface area contributed by atoms with Crippen LogP contribution in [0.25, 0.3) is 0 Å². The van der Waals surface area contributed by atoms with E-state index in [0.29, 0.717) is 18.7 Å². The van der Waals surface area contributed by atoms with Crippen molar-refractivity contribution in [2.24, 2.45) is 0 Å². The van der Waals surface area contributed by atoms with Gasteiger partial charge in [-0.05, 0) is 63.4 Å². The fourth-order valence-corrected chi connectivity index (χ4v) is 4.49. The van der Waals surface area contributed by atoms with Crippen LogP contribution in [0.2, 0.25) is 0 Å². The van der Waals surface area contributed by atoms with Gasteiger partial charge in [0.25, 0.3) is 0 Å². The van der Waals surface area contributed by atoms with Crippen LogP contribution < -0.4 is 10.1 Å². The molecule has 3 rings (SSSR count). The quantitative estimate of drug-likeness (QED) is 0.812. The van der Waals surface area contributed by atoms with Crippen LogP contribution >= 0.6 is 0 Å². The van der Waals surface area contributed by atoms with Gasteiger partial charge in [0.2, 0.25) is 0 Å². The van der Waals surface area contributed by atoms with Gasteiger partial charge in [0, 0.05) is 30.8 Å². The number of hydrogen-bond donors (Lipinski definition) is 1. The van der Waals surface area contributed by atoms with E-state index in [1.807, 2.05) is 0 Å². The molecule has 1 atom stereocenters. The molecule has 25 heavy (non-hydrogen) atoms. The average molecular weight is 347 g/mol. The molecule has 0 spiro atoms. The number of rotatable bonds is 7. The monoisotopic (exact) mass is 346 g/mol. The maximum Gasteiger partial charge on any atom is 0.124 e. The summed E-state index contributed by atoms with van der Waals surface area (Å²) in [7, 11) is 3.44. The third-order valence-electron chi connectivity index (χ3n) is 5.96. The maximum atomic E-state index is 5.44. The fourth-order valence-electron chi connectivity index (χ4n) is 4.49. The lowest BCUT2D eigenvalue weighted by molar-refractivity contribution is 0.141. The Balaban J connectivity index is 1.53. The second-order valence-electron chi connectivity index (χ2n) is 7.64. The van der Waals surface area contributed by atoms with Crippen LogP contribution in [0.15, 0.2) is 18.2 Å². The number of piperidine rings is 1. The van der Waals surface area contributed by atoms with Crippen molar-refractivity contribution in [1.82, 2.24) is 10.2 Å². The van der Waals surface area contributed by atoms with Gasteiger partial charge in [0.1, 0.15) is 5.75 Å². The first kappa shape index (κ1) is 18.7. The normalized spacial score (nSPS) is 21.6. The van der Waals surface area contributed by atoms with Gasteiger partial charge in [-0.25, -0.2) is 0 Å². The maximum absolute atomic E-state index is 5.44. The van der Waals surface area contributed by atoms with Crippen LogP contribution in [0.1, 0.15) is 62.6 Å². The summed E-state index contributed by atoms with van der Waals surface area (Å²) in [6.07, 6.45) is 8.23. The van der Waals surface area contributed by atoms with Crippen LogP contribution in [0.4, 0.5) is 0 Å². The Hall–Kier alpha value is -1.10. The molecule has 0 aromatic heterocycles. The predicted molar refractivity (Wildman–Crippen MR) is 102 cm³/mol. The van der Waals surface area contributed by atoms with Crippen LogP contribution in [0.3, 0.4) is 0 Å². The highest BCUT2D eigenvalue weighted by atomic mass is 16.5. The lowest BCUT2D eigenvalue weighted by Crippen LogP contribution is -2.46. The second kappa shape index (κ2) is 9.02. The molecule has 2 fully saturated rings.